The lowest BCUT2D eigenvalue weighted by Crippen LogP contribution is -2.49. The molecule has 120 valence electrons. The molecule has 0 aliphatic carbocycles. The summed E-state index contributed by atoms with van der Waals surface area (Å²) in [5.74, 6) is -0.169. The van der Waals surface area contributed by atoms with Gasteiger partial charge in [-0.1, -0.05) is 15.9 Å². The lowest BCUT2D eigenvalue weighted by molar-refractivity contribution is -0.128. The molecule has 0 radical (unpaired) electrons. The smallest absolute Gasteiger partial charge is 0.408 e. The van der Waals surface area contributed by atoms with Crippen LogP contribution in [0.5, 0.6) is 0 Å². The van der Waals surface area contributed by atoms with E-state index < -0.39 is 12.2 Å². The van der Waals surface area contributed by atoms with Crippen LogP contribution < -0.4 is 10.2 Å². The Morgan fingerprint density at radius 3 is 2.55 bits per heavy atom. The van der Waals surface area contributed by atoms with E-state index in [1.165, 1.54) is 0 Å². The van der Waals surface area contributed by atoms with Crippen LogP contribution in [0.2, 0.25) is 0 Å². The summed E-state index contributed by atoms with van der Waals surface area (Å²) < 4.78 is 6.26. The van der Waals surface area contributed by atoms with Crippen molar-refractivity contribution in [2.45, 2.75) is 45.3 Å². The standard InChI is InChI=1S/C16H21BrN2O3/c1-16(2,3)18-15(21)22-13-5-4-10-19(14(13)20)12-8-6-11(17)7-9-12/h6-9,13H,4-5,10H2,1-3H3,(H,18,21)/t13-/m1/s1. The summed E-state index contributed by atoms with van der Waals surface area (Å²) in [4.78, 5) is 26.0. The first-order valence-electron chi connectivity index (χ1n) is 7.32. The second-order valence-electron chi connectivity index (χ2n) is 6.38. The predicted molar refractivity (Wildman–Crippen MR) is 88.9 cm³/mol. The molecule has 1 aromatic carbocycles. The first kappa shape index (κ1) is 16.8. The second-order valence-corrected chi connectivity index (χ2v) is 7.29. The molecule has 1 aromatic rings. The molecule has 1 aliphatic rings. The minimum Gasteiger partial charge on any atom is -0.436 e. The van der Waals surface area contributed by atoms with Crippen LogP contribution in [0.25, 0.3) is 0 Å². The van der Waals surface area contributed by atoms with Crippen molar-refractivity contribution in [2.75, 3.05) is 11.4 Å². The summed E-state index contributed by atoms with van der Waals surface area (Å²) in [5, 5.41) is 2.71. The number of hydrogen-bond acceptors (Lipinski definition) is 3. The maximum absolute atomic E-state index is 12.5. The number of rotatable bonds is 2. The monoisotopic (exact) mass is 368 g/mol. The number of nitrogens with zero attached hydrogens (tertiary/aromatic N) is 1. The average molecular weight is 369 g/mol. The van der Waals surface area contributed by atoms with Gasteiger partial charge >= 0.3 is 6.09 Å². The number of ether oxygens (including phenoxy) is 1. The van der Waals surface area contributed by atoms with Gasteiger partial charge in [-0.05, 0) is 57.9 Å². The molecule has 1 N–H and O–H groups in total. The zero-order valence-electron chi connectivity index (χ0n) is 13.1. The molecule has 5 nitrogen and oxygen atoms in total. The molecule has 2 amide bonds. The SMILES string of the molecule is CC(C)(C)NC(=O)O[C@@H]1CCCN(c2ccc(Br)cc2)C1=O. The van der Waals surface area contributed by atoms with E-state index >= 15 is 0 Å². The highest BCUT2D eigenvalue weighted by molar-refractivity contribution is 9.10. The van der Waals surface area contributed by atoms with Crippen molar-refractivity contribution < 1.29 is 14.3 Å². The quantitative estimate of drug-likeness (QED) is 0.869. The molecule has 0 unspecified atom stereocenters. The molecule has 1 saturated heterocycles. The first-order chi connectivity index (χ1) is 10.3. The fourth-order valence-electron chi connectivity index (χ4n) is 2.29. The van der Waals surface area contributed by atoms with E-state index in [0.29, 0.717) is 13.0 Å². The molecule has 2 rings (SSSR count). The summed E-state index contributed by atoms with van der Waals surface area (Å²) in [5.41, 5.74) is 0.429. The number of benzene rings is 1. The topological polar surface area (TPSA) is 58.6 Å². The molecule has 0 bridgehead atoms. The van der Waals surface area contributed by atoms with Crippen LogP contribution in [0, 0.1) is 0 Å². The third-order valence-electron chi connectivity index (χ3n) is 3.25. The number of anilines is 1. The Hall–Kier alpha value is -1.56. The number of amides is 2. The first-order valence-corrected chi connectivity index (χ1v) is 8.11. The molecular formula is C16H21BrN2O3. The van der Waals surface area contributed by atoms with Crippen molar-refractivity contribution in [2.24, 2.45) is 0 Å². The zero-order chi connectivity index (χ0) is 16.3. The average Bonchev–Trinajstić information content (AvgIpc) is 2.40. The van der Waals surface area contributed by atoms with E-state index in [4.69, 9.17) is 4.74 Å². The van der Waals surface area contributed by atoms with Crippen molar-refractivity contribution in [3.63, 3.8) is 0 Å². The maximum atomic E-state index is 12.5. The van der Waals surface area contributed by atoms with Gasteiger partial charge in [0.25, 0.3) is 5.91 Å². The molecule has 0 saturated carbocycles. The van der Waals surface area contributed by atoms with Crippen molar-refractivity contribution >= 4 is 33.6 Å². The van der Waals surface area contributed by atoms with E-state index in [-0.39, 0.29) is 11.4 Å². The van der Waals surface area contributed by atoms with Crippen LogP contribution in [0.4, 0.5) is 10.5 Å². The third kappa shape index (κ3) is 4.47. The highest BCUT2D eigenvalue weighted by atomic mass is 79.9. The minimum absolute atomic E-state index is 0.169. The Labute approximate surface area is 139 Å². The van der Waals surface area contributed by atoms with Gasteiger partial charge in [-0.15, -0.1) is 0 Å². The van der Waals surface area contributed by atoms with Gasteiger partial charge in [0.15, 0.2) is 6.10 Å². The number of piperidine rings is 1. The normalized spacial score (nSPS) is 19.0. The Morgan fingerprint density at radius 2 is 1.95 bits per heavy atom. The van der Waals surface area contributed by atoms with E-state index in [0.717, 1.165) is 16.6 Å². The van der Waals surface area contributed by atoms with Crippen molar-refractivity contribution in [1.29, 1.82) is 0 Å². The lowest BCUT2D eigenvalue weighted by Gasteiger charge is -2.32. The second kappa shape index (κ2) is 6.69. The van der Waals surface area contributed by atoms with Crippen LogP contribution in [0.1, 0.15) is 33.6 Å². The number of carbonyl (C=O) groups excluding carboxylic acids is 2. The van der Waals surface area contributed by atoms with E-state index in [9.17, 15) is 9.59 Å². The van der Waals surface area contributed by atoms with Gasteiger partial charge in [0, 0.05) is 22.2 Å². The predicted octanol–water partition coefficient (Wildman–Crippen LogP) is 3.47. The minimum atomic E-state index is -0.722. The number of alkyl carbamates (subject to hydrolysis) is 1. The van der Waals surface area contributed by atoms with Crippen LogP contribution in [0.3, 0.4) is 0 Å². The van der Waals surface area contributed by atoms with Gasteiger partial charge in [0.2, 0.25) is 0 Å². The van der Waals surface area contributed by atoms with Gasteiger partial charge in [0.05, 0.1) is 0 Å². The summed E-state index contributed by atoms with van der Waals surface area (Å²) in [6.07, 6.45) is 0.0850. The molecule has 22 heavy (non-hydrogen) atoms. The molecule has 0 spiro atoms. The zero-order valence-corrected chi connectivity index (χ0v) is 14.6. The molecular weight excluding hydrogens is 348 g/mol. The summed E-state index contributed by atoms with van der Waals surface area (Å²) in [6, 6.07) is 7.53. The maximum Gasteiger partial charge on any atom is 0.408 e. The molecule has 6 heteroatoms. The van der Waals surface area contributed by atoms with Crippen LogP contribution in [-0.4, -0.2) is 30.2 Å². The van der Waals surface area contributed by atoms with E-state index in [1.54, 1.807) is 4.90 Å². The molecule has 1 aliphatic heterocycles. The Morgan fingerprint density at radius 1 is 1.32 bits per heavy atom. The number of nitrogens with one attached hydrogen (secondary N) is 1. The highest BCUT2D eigenvalue weighted by Gasteiger charge is 2.33. The lowest BCUT2D eigenvalue weighted by atomic mass is 10.1. The van der Waals surface area contributed by atoms with Gasteiger partial charge in [0.1, 0.15) is 0 Å². The third-order valence-corrected chi connectivity index (χ3v) is 3.78. The largest absolute Gasteiger partial charge is 0.436 e. The highest BCUT2D eigenvalue weighted by Crippen LogP contribution is 2.24. The molecule has 1 fully saturated rings. The fraction of sp³-hybridized carbons (Fsp3) is 0.500. The summed E-state index contributed by atoms with van der Waals surface area (Å²) in [6.45, 7) is 6.24. The van der Waals surface area contributed by atoms with E-state index in [2.05, 4.69) is 21.2 Å². The van der Waals surface area contributed by atoms with Crippen molar-refractivity contribution in [1.82, 2.24) is 5.32 Å². The molecule has 1 atom stereocenters. The van der Waals surface area contributed by atoms with Gasteiger partial charge < -0.3 is 15.0 Å². The van der Waals surface area contributed by atoms with Crippen LogP contribution >= 0.6 is 15.9 Å². The summed E-state index contributed by atoms with van der Waals surface area (Å²) in [7, 11) is 0. The fourth-order valence-corrected chi connectivity index (χ4v) is 2.56. The molecule has 0 aromatic heterocycles. The Balaban J connectivity index is 2.04. The van der Waals surface area contributed by atoms with Crippen molar-refractivity contribution in [3.8, 4) is 0 Å². The molecule has 1 heterocycles. The number of hydrogen-bond donors (Lipinski definition) is 1. The number of carbonyl (C=O) groups is 2. The van der Waals surface area contributed by atoms with Gasteiger partial charge in [-0.3, -0.25) is 4.79 Å². The Bertz CT molecular complexity index is 552. The van der Waals surface area contributed by atoms with Gasteiger partial charge in [-0.25, -0.2) is 4.79 Å². The summed E-state index contributed by atoms with van der Waals surface area (Å²) >= 11 is 3.38. The Kier molecular flexibility index (Phi) is 5.11. The van der Waals surface area contributed by atoms with E-state index in [1.807, 2.05) is 45.0 Å². The number of halogens is 1. The van der Waals surface area contributed by atoms with Crippen LogP contribution in [-0.2, 0) is 9.53 Å². The van der Waals surface area contributed by atoms with Crippen LogP contribution in [0.15, 0.2) is 28.7 Å². The van der Waals surface area contributed by atoms with Crippen molar-refractivity contribution in [3.05, 3.63) is 28.7 Å². The van der Waals surface area contributed by atoms with Gasteiger partial charge in [-0.2, -0.15) is 0 Å².